The summed E-state index contributed by atoms with van der Waals surface area (Å²) in [4.78, 5) is 0. The molecule has 2 aromatic rings. The zero-order valence-corrected chi connectivity index (χ0v) is 9.39. The largest absolute Gasteiger partial charge is 0.229 e. The van der Waals surface area contributed by atoms with Crippen molar-refractivity contribution in [3.63, 3.8) is 0 Å². The van der Waals surface area contributed by atoms with Crippen LogP contribution in [0, 0.1) is 22.7 Å². The second kappa shape index (κ2) is 4.65. The fourth-order valence-corrected chi connectivity index (χ4v) is 1.59. The average molecular weight is 244 g/mol. The van der Waals surface area contributed by atoms with E-state index >= 15 is 0 Å². The third kappa shape index (κ3) is 2.10. The van der Waals surface area contributed by atoms with Crippen molar-refractivity contribution in [1.29, 1.82) is 10.5 Å². The monoisotopic (exact) mass is 243 g/mol. The summed E-state index contributed by atoms with van der Waals surface area (Å²) in [6.07, 6.45) is 0. The number of aromatic nitrogens is 3. The molecule has 1 heterocycles. The highest BCUT2D eigenvalue weighted by Crippen LogP contribution is 2.23. The van der Waals surface area contributed by atoms with E-state index in [-0.39, 0.29) is 12.2 Å². The summed E-state index contributed by atoms with van der Waals surface area (Å²) in [5.74, 6) is 0. The average Bonchev–Trinajstić information content (AvgIpc) is 2.74. The lowest BCUT2D eigenvalue weighted by atomic mass is 10.1. The van der Waals surface area contributed by atoms with Gasteiger partial charge in [0.25, 0.3) is 0 Å². The minimum Gasteiger partial charge on any atom is -0.229 e. The van der Waals surface area contributed by atoms with Gasteiger partial charge >= 0.3 is 0 Å². The molecule has 0 saturated carbocycles. The first kappa shape index (κ1) is 11.1. The Morgan fingerprint density at radius 1 is 1.24 bits per heavy atom. The lowest BCUT2D eigenvalue weighted by molar-refractivity contribution is 0.674. The highest BCUT2D eigenvalue weighted by atomic mass is 35.5. The normalized spacial score (nSPS) is 9.59. The van der Waals surface area contributed by atoms with Gasteiger partial charge in [0.15, 0.2) is 5.69 Å². The van der Waals surface area contributed by atoms with E-state index in [9.17, 15) is 0 Å². The number of halogens is 1. The second-order valence-corrected chi connectivity index (χ2v) is 3.66. The smallest absolute Gasteiger partial charge is 0.190 e. The van der Waals surface area contributed by atoms with Crippen LogP contribution in [0.2, 0.25) is 5.02 Å². The summed E-state index contributed by atoms with van der Waals surface area (Å²) < 4.78 is 1.39. The molecule has 1 aromatic heterocycles. The molecule has 6 heteroatoms. The Kier molecular flexibility index (Phi) is 3.04. The fraction of sp³-hybridized carbons (Fsp3) is 0.0909. The van der Waals surface area contributed by atoms with Crippen molar-refractivity contribution in [2.45, 2.75) is 6.54 Å². The van der Waals surface area contributed by atoms with Crippen LogP contribution in [0.15, 0.2) is 24.3 Å². The molecular formula is C11H6ClN5. The maximum absolute atomic E-state index is 8.94. The molecule has 0 bridgehead atoms. The Balaban J connectivity index is 2.57. The lowest BCUT2D eigenvalue weighted by Gasteiger charge is -2.02. The van der Waals surface area contributed by atoms with Crippen molar-refractivity contribution in [2.24, 2.45) is 0 Å². The Bertz CT molecular complexity index is 615. The molecule has 2 rings (SSSR count). The zero-order valence-electron chi connectivity index (χ0n) is 8.63. The van der Waals surface area contributed by atoms with Crippen LogP contribution in [-0.4, -0.2) is 15.0 Å². The molecule has 0 amide bonds. The van der Waals surface area contributed by atoms with E-state index < -0.39 is 0 Å². The molecule has 0 spiro atoms. The van der Waals surface area contributed by atoms with Gasteiger partial charge < -0.3 is 0 Å². The van der Waals surface area contributed by atoms with E-state index in [4.69, 9.17) is 22.1 Å². The molecule has 82 valence electrons. The first-order chi connectivity index (χ1) is 8.26. The molecule has 5 nitrogen and oxygen atoms in total. The second-order valence-electron chi connectivity index (χ2n) is 3.22. The SMILES string of the molecule is N#CCn1nnc(C#N)c1-c1ccc(Cl)cc1. The predicted octanol–water partition coefficient (Wildman–Crippen LogP) is 1.99. The summed E-state index contributed by atoms with van der Waals surface area (Å²) >= 11 is 5.79. The van der Waals surface area contributed by atoms with Crippen LogP contribution < -0.4 is 0 Å². The van der Waals surface area contributed by atoms with E-state index in [2.05, 4.69) is 10.3 Å². The maximum atomic E-state index is 8.94. The van der Waals surface area contributed by atoms with Crippen LogP contribution >= 0.6 is 11.6 Å². The van der Waals surface area contributed by atoms with Crippen molar-refractivity contribution in [3.05, 3.63) is 35.0 Å². The summed E-state index contributed by atoms with van der Waals surface area (Å²) in [5.41, 5.74) is 1.49. The topological polar surface area (TPSA) is 78.3 Å². The number of nitriles is 2. The van der Waals surface area contributed by atoms with Gasteiger partial charge in [0, 0.05) is 10.6 Å². The van der Waals surface area contributed by atoms with Crippen molar-refractivity contribution < 1.29 is 0 Å². The van der Waals surface area contributed by atoms with Crippen LogP contribution in [-0.2, 0) is 6.54 Å². The van der Waals surface area contributed by atoms with Crippen LogP contribution in [0.25, 0.3) is 11.3 Å². The highest BCUT2D eigenvalue weighted by Gasteiger charge is 2.14. The summed E-state index contributed by atoms with van der Waals surface area (Å²) in [6.45, 7) is 0.0483. The molecule has 0 atom stereocenters. The first-order valence-corrected chi connectivity index (χ1v) is 5.10. The molecular weight excluding hydrogens is 238 g/mol. The zero-order chi connectivity index (χ0) is 12.3. The van der Waals surface area contributed by atoms with E-state index in [0.29, 0.717) is 10.7 Å². The number of nitrogens with zero attached hydrogens (tertiary/aromatic N) is 5. The van der Waals surface area contributed by atoms with Gasteiger partial charge in [-0.15, -0.1) is 5.10 Å². The molecule has 0 aliphatic rings. The van der Waals surface area contributed by atoms with E-state index in [1.165, 1.54) is 4.68 Å². The van der Waals surface area contributed by atoms with Crippen molar-refractivity contribution in [1.82, 2.24) is 15.0 Å². The third-order valence-corrected chi connectivity index (χ3v) is 2.43. The van der Waals surface area contributed by atoms with Crippen molar-refractivity contribution >= 4 is 11.6 Å². The first-order valence-electron chi connectivity index (χ1n) is 4.72. The number of benzene rings is 1. The maximum Gasteiger partial charge on any atom is 0.190 e. The van der Waals surface area contributed by atoms with Gasteiger partial charge in [-0.25, -0.2) is 4.68 Å². The molecule has 0 N–H and O–H groups in total. The Morgan fingerprint density at radius 2 is 1.94 bits per heavy atom. The summed E-state index contributed by atoms with van der Waals surface area (Å²) in [6, 6.07) is 10.9. The number of hydrogen-bond acceptors (Lipinski definition) is 4. The molecule has 0 unspecified atom stereocenters. The summed E-state index contributed by atoms with van der Waals surface area (Å²) in [7, 11) is 0. The van der Waals surface area contributed by atoms with E-state index in [0.717, 1.165) is 5.56 Å². The molecule has 0 saturated heterocycles. The van der Waals surface area contributed by atoms with Gasteiger partial charge in [0.05, 0.1) is 6.07 Å². The minimum atomic E-state index is 0.0483. The highest BCUT2D eigenvalue weighted by molar-refractivity contribution is 6.30. The van der Waals surface area contributed by atoms with Gasteiger partial charge in [-0.05, 0) is 12.1 Å². The predicted molar refractivity (Wildman–Crippen MR) is 60.8 cm³/mol. The van der Waals surface area contributed by atoms with Crippen LogP contribution in [0.3, 0.4) is 0 Å². The van der Waals surface area contributed by atoms with Gasteiger partial charge in [0.1, 0.15) is 18.3 Å². The number of rotatable bonds is 2. The van der Waals surface area contributed by atoms with Crippen LogP contribution in [0.1, 0.15) is 5.69 Å². The third-order valence-electron chi connectivity index (χ3n) is 2.18. The standard InChI is InChI=1S/C11H6ClN5/c12-9-3-1-8(2-4-9)11-10(7-14)15-16-17(11)6-5-13/h1-4H,6H2. The van der Waals surface area contributed by atoms with Crippen LogP contribution in [0.4, 0.5) is 0 Å². The minimum absolute atomic E-state index is 0.0483. The molecule has 1 aromatic carbocycles. The Morgan fingerprint density at radius 3 is 2.53 bits per heavy atom. The molecule has 0 aliphatic carbocycles. The molecule has 17 heavy (non-hydrogen) atoms. The molecule has 0 fully saturated rings. The van der Waals surface area contributed by atoms with Gasteiger partial charge in [0.2, 0.25) is 0 Å². The Labute approximate surface area is 102 Å². The van der Waals surface area contributed by atoms with Gasteiger partial charge in [-0.2, -0.15) is 10.5 Å². The van der Waals surface area contributed by atoms with E-state index in [1.54, 1.807) is 24.3 Å². The van der Waals surface area contributed by atoms with Crippen molar-refractivity contribution in [3.8, 4) is 23.4 Å². The van der Waals surface area contributed by atoms with Crippen molar-refractivity contribution in [2.75, 3.05) is 0 Å². The number of hydrogen-bond donors (Lipinski definition) is 0. The molecule has 0 radical (unpaired) electrons. The summed E-state index contributed by atoms with van der Waals surface area (Å²) in [5, 5.41) is 25.7. The van der Waals surface area contributed by atoms with Gasteiger partial charge in [-0.1, -0.05) is 28.9 Å². The Hall–Kier alpha value is -2.37. The van der Waals surface area contributed by atoms with E-state index in [1.807, 2.05) is 12.1 Å². The fourth-order valence-electron chi connectivity index (χ4n) is 1.46. The quantitative estimate of drug-likeness (QED) is 0.808. The lowest BCUT2D eigenvalue weighted by Crippen LogP contribution is -2.00. The van der Waals surface area contributed by atoms with Gasteiger partial charge in [-0.3, -0.25) is 0 Å². The molecule has 0 aliphatic heterocycles. The van der Waals surface area contributed by atoms with Crippen LogP contribution in [0.5, 0.6) is 0 Å².